The first-order valence-electron chi connectivity index (χ1n) is 22.5. The predicted octanol–water partition coefficient (Wildman–Crippen LogP) is 2.77. The highest BCUT2D eigenvalue weighted by molar-refractivity contribution is 8.00. The van der Waals surface area contributed by atoms with Gasteiger partial charge in [-0.1, -0.05) is 19.3 Å². The lowest BCUT2D eigenvalue weighted by Gasteiger charge is -2.18. The molecule has 7 rings (SSSR count). The summed E-state index contributed by atoms with van der Waals surface area (Å²) in [4.78, 5) is 113. The van der Waals surface area contributed by atoms with E-state index < -0.39 is 85.5 Å². The highest BCUT2D eigenvalue weighted by Crippen LogP contribution is 2.45. The van der Waals surface area contributed by atoms with Crippen LogP contribution >= 0.6 is 19.6 Å². The van der Waals surface area contributed by atoms with Crippen molar-refractivity contribution in [3.05, 3.63) is 109 Å². The van der Waals surface area contributed by atoms with Gasteiger partial charge in [0, 0.05) is 77.7 Å². The third-order valence-corrected chi connectivity index (χ3v) is 13.8. The molecule has 3 aromatic rings. The summed E-state index contributed by atoms with van der Waals surface area (Å²) in [6.45, 7) is 0.880. The SMILES string of the molecule is Cc1cn([C@H]2C[C@@H](O)[C@@H](COP(=O)(O)OCCSC3CC(=O)N(CC(=O)NCCCCCCCNNC(=O)c4ccc(C(=O)O)c(-c5c6ccc(=O)cc-6oc6cc(O)ccc56)c4)C3=O)O2)c(=O)[nH]c1=O. The minimum atomic E-state index is -4.65. The fourth-order valence-electron chi connectivity index (χ4n) is 8.07. The van der Waals surface area contributed by atoms with E-state index in [1.807, 2.05) is 0 Å². The van der Waals surface area contributed by atoms with Gasteiger partial charge in [0.15, 0.2) is 5.43 Å². The lowest BCUT2D eigenvalue weighted by molar-refractivity contribution is -0.142. The Hall–Kier alpha value is -6.50. The fourth-order valence-corrected chi connectivity index (χ4v) is 9.92. The van der Waals surface area contributed by atoms with Crippen LogP contribution in [0.25, 0.3) is 33.4 Å². The minimum Gasteiger partial charge on any atom is -0.508 e. The molecule has 2 saturated heterocycles. The normalized spacial score (nSPS) is 18.8. The number of nitrogens with one attached hydrogen (secondary N) is 4. The summed E-state index contributed by atoms with van der Waals surface area (Å²) >= 11 is 1.01. The van der Waals surface area contributed by atoms with Crippen LogP contribution in [0.1, 0.15) is 77.5 Å². The molecule has 378 valence electrons. The van der Waals surface area contributed by atoms with Gasteiger partial charge in [0.1, 0.15) is 36.0 Å². The number of benzene rings is 3. The van der Waals surface area contributed by atoms with Crippen molar-refractivity contribution in [3.63, 3.8) is 0 Å². The molecule has 23 nitrogen and oxygen atoms in total. The van der Waals surface area contributed by atoms with Crippen molar-refractivity contribution < 1.29 is 67.0 Å². The van der Waals surface area contributed by atoms with Crippen LogP contribution in [0.5, 0.6) is 5.75 Å². The molecule has 71 heavy (non-hydrogen) atoms. The fraction of sp³-hybridized carbons (Fsp3) is 0.391. The summed E-state index contributed by atoms with van der Waals surface area (Å²) in [7, 11) is -4.65. The van der Waals surface area contributed by atoms with Crippen LogP contribution in [-0.2, 0) is 32.7 Å². The summed E-state index contributed by atoms with van der Waals surface area (Å²) in [5, 5.41) is 32.9. The molecule has 0 bridgehead atoms. The van der Waals surface area contributed by atoms with Gasteiger partial charge in [0.05, 0.1) is 30.1 Å². The van der Waals surface area contributed by atoms with E-state index in [4.69, 9.17) is 18.2 Å². The van der Waals surface area contributed by atoms with E-state index >= 15 is 0 Å². The molecule has 2 unspecified atom stereocenters. The van der Waals surface area contributed by atoms with Crippen molar-refractivity contribution in [2.75, 3.05) is 38.6 Å². The Morgan fingerprint density at radius 1 is 0.944 bits per heavy atom. The highest BCUT2D eigenvalue weighted by Gasteiger charge is 2.40. The maximum Gasteiger partial charge on any atom is 0.472 e. The molecule has 2 fully saturated rings. The molecule has 4 aliphatic rings. The Morgan fingerprint density at radius 2 is 1.70 bits per heavy atom. The molecule has 0 saturated carbocycles. The molecule has 0 spiro atoms. The lowest BCUT2D eigenvalue weighted by Crippen LogP contribution is -2.41. The van der Waals surface area contributed by atoms with Gasteiger partial charge in [-0.2, -0.15) is 0 Å². The van der Waals surface area contributed by atoms with Crippen molar-refractivity contribution in [1.29, 1.82) is 0 Å². The number of imide groups is 1. The number of phenols is 1. The largest absolute Gasteiger partial charge is 0.508 e. The molecule has 3 aliphatic heterocycles. The van der Waals surface area contributed by atoms with Crippen molar-refractivity contribution >= 4 is 60.2 Å². The Morgan fingerprint density at radius 3 is 2.48 bits per heavy atom. The first-order chi connectivity index (χ1) is 33.9. The van der Waals surface area contributed by atoms with E-state index in [0.717, 1.165) is 40.5 Å². The zero-order valence-electron chi connectivity index (χ0n) is 38.1. The molecule has 1 aliphatic carbocycles. The standard InChI is InChI=1S/C46H51N6O17PS/c1-25-22-52(46(63)49-42(25)58)40-20-33(55)36(69-40)24-67-70(64,65)66-15-16-71-37-21-39(57)51(44(37)60)23-38(56)47-13-5-3-2-4-6-14-48-50-43(59)26-7-10-29(45(61)62)32(17-26)41-30-11-8-27(53)18-34(30)68-35-19-28(54)9-12-31(35)41/h7-12,17-19,22,33,36-37,40,48,53,55H,2-6,13-16,20-21,23-24H2,1H3,(H,47,56)(H,50,59)(H,61,62)(H,64,65)(H,49,58,63)/t33-,36-,37?,40-/m1/s1. The maximum atomic E-state index is 13.2. The summed E-state index contributed by atoms with van der Waals surface area (Å²) in [5.41, 5.74) is 5.45. The number of carbonyl (C=O) groups is 5. The smallest absolute Gasteiger partial charge is 0.472 e. The number of aliphatic hydroxyl groups is 1. The molecule has 4 amide bonds. The first kappa shape index (κ1) is 52.3. The summed E-state index contributed by atoms with van der Waals surface area (Å²) in [6, 6.07) is 12.6. The molecule has 2 aromatic carbocycles. The number of carboxylic acids is 1. The van der Waals surface area contributed by atoms with Crippen LogP contribution in [0.4, 0.5) is 0 Å². The molecule has 4 heterocycles. The lowest BCUT2D eigenvalue weighted by atomic mass is 9.89. The second-order valence-electron chi connectivity index (χ2n) is 16.8. The van der Waals surface area contributed by atoms with Crippen molar-refractivity contribution in [2.45, 2.75) is 75.6 Å². The summed E-state index contributed by atoms with van der Waals surface area (Å²) in [5.74, 6) is -3.26. The zero-order valence-corrected chi connectivity index (χ0v) is 39.8. The zero-order chi connectivity index (χ0) is 51.0. The monoisotopic (exact) mass is 1020 g/mol. The number of hydrogen-bond acceptors (Lipinski definition) is 17. The van der Waals surface area contributed by atoms with Crippen LogP contribution in [0.3, 0.4) is 0 Å². The number of amides is 4. The number of aromatic amines is 1. The summed E-state index contributed by atoms with van der Waals surface area (Å²) in [6.07, 6.45) is 1.55. The van der Waals surface area contributed by atoms with Gasteiger partial charge in [-0.25, -0.2) is 19.6 Å². The molecular formula is C46H51N6O17PS. The van der Waals surface area contributed by atoms with Crippen molar-refractivity contribution in [3.8, 4) is 28.2 Å². The number of aromatic hydroxyl groups is 1. The second-order valence-corrected chi connectivity index (χ2v) is 19.5. The molecule has 1 aromatic heterocycles. The third-order valence-electron chi connectivity index (χ3n) is 11.7. The number of phosphoric acid groups is 1. The molecule has 8 N–H and O–H groups in total. The number of phosphoric ester groups is 1. The number of nitrogens with zero attached hydrogens (tertiary/aromatic N) is 2. The Labute approximate surface area is 407 Å². The average molecular weight is 1020 g/mol. The average Bonchev–Trinajstić information content (AvgIpc) is 3.83. The van der Waals surface area contributed by atoms with E-state index in [9.17, 15) is 63.1 Å². The number of unbranched alkanes of at least 4 members (excludes halogenated alkanes) is 4. The van der Waals surface area contributed by atoms with Crippen LogP contribution in [0.2, 0.25) is 0 Å². The quantitative estimate of drug-likeness (QED) is 0.0153. The number of ether oxygens (including phenoxy) is 1. The number of hydrazine groups is 1. The van der Waals surface area contributed by atoms with Gasteiger partial charge in [-0.3, -0.25) is 57.7 Å². The Bertz CT molecular complexity index is 3030. The number of aromatic nitrogens is 2. The number of carboxylic acid groups (broad SMARTS) is 1. The number of H-pyrrole nitrogens is 1. The van der Waals surface area contributed by atoms with Gasteiger partial charge in [0.25, 0.3) is 11.5 Å². The topological polar surface area (TPSA) is 335 Å². The first-order valence-corrected chi connectivity index (χ1v) is 25.0. The number of thioether (sulfide) groups is 1. The number of fused-ring (bicyclic) bond motifs is 2. The van der Waals surface area contributed by atoms with E-state index in [0.29, 0.717) is 42.4 Å². The van der Waals surface area contributed by atoms with E-state index in [-0.39, 0.29) is 70.0 Å². The van der Waals surface area contributed by atoms with Gasteiger partial charge in [0.2, 0.25) is 17.7 Å². The van der Waals surface area contributed by atoms with Gasteiger partial charge < -0.3 is 34.7 Å². The number of hydrogen-bond donors (Lipinski definition) is 8. The van der Waals surface area contributed by atoms with Crippen LogP contribution in [0, 0.1) is 6.92 Å². The van der Waals surface area contributed by atoms with Gasteiger partial charge in [-0.15, -0.1) is 11.8 Å². The number of carbonyl (C=O) groups excluding carboxylic acids is 4. The number of aliphatic hydroxyl groups excluding tert-OH is 1. The number of likely N-dealkylation sites (tertiary alicyclic amines) is 1. The maximum absolute atomic E-state index is 13.2. The van der Waals surface area contributed by atoms with Crippen molar-refractivity contribution in [1.82, 2.24) is 30.6 Å². The molecular weight excluding hydrogens is 972 g/mol. The van der Waals surface area contributed by atoms with Crippen LogP contribution in [-0.4, -0.2) is 120 Å². The Balaban J connectivity index is 0.760. The summed E-state index contributed by atoms with van der Waals surface area (Å²) < 4.78 is 35.1. The highest BCUT2D eigenvalue weighted by atomic mass is 32.2. The van der Waals surface area contributed by atoms with E-state index in [1.54, 1.807) is 6.07 Å². The Kier molecular flexibility index (Phi) is 17.1. The second kappa shape index (κ2) is 23.2. The number of aromatic carboxylic acids is 1. The van der Waals surface area contributed by atoms with Crippen LogP contribution in [0.15, 0.2) is 79.6 Å². The number of phenolic OH excluding ortho intramolecular Hbond substituents is 1. The van der Waals surface area contributed by atoms with Gasteiger partial charge in [-0.05, 0) is 67.8 Å². The minimum absolute atomic E-state index is 0.0245. The van der Waals surface area contributed by atoms with Gasteiger partial charge >= 0.3 is 19.5 Å². The third kappa shape index (κ3) is 13.1. The predicted molar refractivity (Wildman–Crippen MR) is 255 cm³/mol. The van der Waals surface area contributed by atoms with Crippen LogP contribution < -0.4 is 32.8 Å². The van der Waals surface area contributed by atoms with Crippen molar-refractivity contribution in [2.24, 2.45) is 0 Å². The number of rotatable bonds is 23. The number of aryl methyl sites for hydroxylation is 1. The van der Waals surface area contributed by atoms with E-state index in [1.165, 1.54) is 61.7 Å². The van der Waals surface area contributed by atoms with E-state index in [2.05, 4.69) is 21.2 Å². The molecule has 25 heteroatoms. The molecule has 5 atom stereocenters. The molecule has 0 radical (unpaired) electrons.